The smallest absolute Gasteiger partial charge is 0.182 e. The molecule has 0 amide bonds. The van der Waals surface area contributed by atoms with Crippen molar-refractivity contribution in [3.8, 4) is 11.3 Å². The molecule has 5 rings (SSSR count). The number of aromatic nitrogens is 6. The second-order valence-electron chi connectivity index (χ2n) is 6.69. The highest BCUT2D eigenvalue weighted by Gasteiger charge is 2.22. The van der Waals surface area contributed by atoms with E-state index in [1.165, 1.54) is 0 Å². The van der Waals surface area contributed by atoms with Crippen LogP contribution in [-0.4, -0.2) is 35.1 Å². The van der Waals surface area contributed by atoms with Crippen molar-refractivity contribution in [2.24, 2.45) is 7.05 Å². The van der Waals surface area contributed by atoms with Gasteiger partial charge >= 0.3 is 0 Å². The maximum Gasteiger partial charge on any atom is 0.182 e. The average molecular weight is 345 g/mol. The summed E-state index contributed by atoms with van der Waals surface area (Å²) >= 11 is 0. The molecule has 1 aliphatic rings. The van der Waals surface area contributed by atoms with Crippen LogP contribution in [0.25, 0.3) is 22.4 Å². The van der Waals surface area contributed by atoms with Gasteiger partial charge in [-0.3, -0.25) is 0 Å². The molecule has 7 heteroatoms. The Balaban J connectivity index is 1.40. The van der Waals surface area contributed by atoms with Gasteiger partial charge in [-0.1, -0.05) is 30.3 Å². The van der Waals surface area contributed by atoms with Crippen molar-refractivity contribution in [3.63, 3.8) is 0 Å². The predicted octanol–water partition coefficient (Wildman–Crippen LogP) is 2.65. The summed E-state index contributed by atoms with van der Waals surface area (Å²) in [6.07, 6.45) is 7.46. The Morgan fingerprint density at radius 2 is 2.00 bits per heavy atom. The minimum absolute atomic E-state index is 0.299. The van der Waals surface area contributed by atoms with E-state index in [9.17, 15) is 0 Å². The zero-order valence-electron chi connectivity index (χ0n) is 14.5. The van der Waals surface area contributed by atoms with Crippen molar-refractivity contribution in [3.05, 3.63) is 55.0 Å². The van der Waals surface area contributed by atoms with Gasteiger partial charge in [0, 0.05) is 37.8 Å². The van der Waals surface area contributed by atoms with Gasteiger partial charge in [0.05, 0.1) is 12.0 Å². The minimum atomic E-state index is 0.299. The van der Waals surface area contributed by atoms with Crippen molar-refractivity contribution in [1.29, 1.82) is 0 Å². The van der Waals surface area contributed by atoms with Gasteiger partial charge in [-0.2, -0.15) is 0 Å². The molecule has 0 spiro atoms. The van der Waals surface area contributed by atoms with E-state index in [1.807, 2.05) is 29.8 Å². The molecule has 26 heavy (non-hydrogen) atoms. The molecule has 7 nitrogen and oxygen atoms in total. The van der Waals surface area contributed by atoms with Gasteiger partial charge in [0.2, 0.25) is 0 Å². The summed E-state index contributed by atoms with van der Waals surface area (Å²) in [5.74, 6) is 1.99. The molecule has 3 aromatic heterocycles. The standard InChI is InChI=1S/C19H19N7/c1-25-12-22-18-17(25)19(21-11-20-18)23-14-7-8-16-24-15(10-26(16)9-14)13-5-3-2-4-6-13/h2-6,10-12,14H,7-9H2,1H3,(H,20,21,23). The van der Waals surface area contributed by atoms with Crippen LogP contribution < -0.4 is 5.32 Å². The van der Waals surface area contributed by atoms with E-state index in [-0.39, 0.29) is 0 Å². The van der Waals surface area contributed by atoms with Crippen LogP contribution in [0.5, 0.6) is 0 Å². The lowest BCUT2D eigenvalue weighted by molar-refractivity contribution is 0.475. The molecule has 4 aromatic rings. The highest BCUT2D eigenvalue weighted by molar-refractivity contribution is 5.82. The normalized spacial score (nSPS) is 16.6. The van der Waals surface area contributed by atoms with E-state index in [2.05, 4.69) is 43.2 Å². The molecule has 0 aliphatic carbocycles. The van der Waals surface area contributed by atoms with Gasteiger partial charge in [0.15, 0.2) is 11.5 Å². The van der Waals surface area contributed by atoms with Gasteiger partial charge < -0.3 is 14.5 Å². The first-order chi connectivity index (χ1) is 12.8. The summed E-state index contributed by atoms with van der Waals surface area (Å²) in [4.78, 5) is 17.8. The van der Waals surface area contributed by atoms with E-state index < -0.39 is 0 Å². The Morgan fingerprint density at radius 3 is 2.88 bits per heavy atom. The summed E-state index contributed by atoms with van der Waals surface area (Å²) in [5, 5.41) is 3.58. The quantitative estimate of drug-likeness (QED) is 0.618. The van der Waals surface area contributed by atoms with Gasteiger partial charge in [-0.25, -0.2) is 19.9 Å². The maximum atomic E-state index is 4.81. The lowest BCUT2D eigenvalue weighted by Gasteiger charge is -2.25. The Labute approximate surface area is 150 Å². The Kier molecular flexibility index (Phi) is 3.44. The minimum Gasteiger partial charge on any atom is -0.364 e. The molecule has 1 N–H and O–H groups in total. The highest BCUT2D eigenvalue weighted by Crippen LogP contribution is 2.25. The number of nitrogens with one attached hydrogen (secondary N) is 1. The van der Waals surface area contributed by atoms with E-state index in [1.54, 1.807) is 12.7 Å². The van der Waals surface area contributed by atoms with E-state index in [0.717, 1.165) is 53.4 Å². The fourth-order valence-electron chi connectivity index (χ4n) is 3.60. The third kappa shape index (κ3) is 2.52. The number of nitrogens with zero attached hydrogens (tertiary/aromatic N) is 6. The van der Waals surface area contributed by atoms with Crippen molar-refractivity contribution in [1.82, 2.24) is 29.1 Å². The monoisotopic (exact) mass is 345 g/mol. The summed E-state index contributed by atoms with van der Waals surface area (Å²) in [5.41, 5.74) is 3.85. The van der Waals surface area contributed by atoms with Crippen molar-refractivity contribution >= 4 is 17.0 Å². The van der Waals surface area contributed by atoms with Crippen LogP contribution in [0.4, 0.5) is 5.82 Å². The zero-order chi connectivity index (χ0) is 17.5. The SMILES string of the molecule is Cn1cnc2ncnc(NC3CCc4nc(-c5ccccc5)cn4C3)c21. The molecule has 1 atom stereocenters. The number of anilines is 1. The number of hydrogen-bond donors (Lipinski definition) is 1. The summed E-state index contributed by atoms with van der Waals surface area (Å²) in [6.45, 7) is 0.874. The second kappa shape index (κ2) is 5.94. The summed E-state index contributed by atoms with van der Waals surface area (Å²) in [6, 6.07) is 10.6. The number of hydrogen-bond acceptors (Lipinski definition) is 5. The molecule has 1 unspecified atom stereocenters. The van der Waals surface area contributed by atoms with Crippen molar-refractivity contribution in [2.75, 3.05) is 5.32 Å². The highest BCUT2D eigenvalue weighted by atomic mass is 15.2. The fraction of sp³-hybridized carbons (Fsp3) is 0.263. The lowest BCUT2D eigenvalue weighted by Crippen LogP contribution is -2.31. The number of imidazole rings is 2. The second-order valence-corrected chi connectivity index (χ2v) is 6.69. The Morgan fingerprint density at radius 1 is 1.12 bits per heavy atom. The van der Waals surface area contributed by atoms with E-state index in [4.69, 9.17) is 4.98 Å². The van der Waals surface area contributed by atoms with Gasteiger partial charge in [-0.05, 0) is 6.42 Å². The Hall–Kier alpha value is -3.22. The van der Waals surface area contributed by atoms with Gasteiger partial charge in [0.25, 0.3) is 0 Å². The molecule has 4 heterocycles. The van der Waals surface area contributed by atoms with Gasteiger partial charge in [-0.15, -0.1) is 0 Å². The van der Waals surface area contributed by atoms with E-state index in [0.29, 0.717) is 6.04 Å². The molecule has 0 fully saturated rings. The van der Waals surface area contributed by atoms with Gasteiger partial charge in [0.1, 0.15) is 17.7 Å². The van der Waals surface area contributed by atoms with Crippen molar-refractivity contribution < 1.29 is 0 Å². The first-order valence-electron chi connectivity index (χ1n) is 8.78. The van der Waals surface area contributed by atoms with Crippen molar-refractivity contribution in [2.45, 2.75) is 25.4 Å². The molecule has 1 aliphatic heterocycles. The van der Waals surface area contributed by atoms with Crippen LogP contribution in [0.1, 0.15) is 12.2 Å². The molecule has 0 radical (unpaired) electrons. The van der Waals surface area contributed by atoms with E-state index >= 15 is 0 Å². The van der Waals surface area contributed by atoms with Crippen LogP contribution >= 0.6 is 0 Å². The largest absolute Gasteiger partial charge is 0.364 e. The summed E-state index contributed by atoms with van der Waals surface area (Å²) < 4.78 is 4.21. The summed E-state index contributed by atoms with van der Waals surface area (Å²) in [7, 11) is 1.96. The molecule has 1 aromatic carbocycles. The number of fused-ring (bicyclic) bond motifs is 2. The first kappa shape index (κ1) is 15.1. The number of aryl methyl sites for hydroxylation is 2. The third-order valence-corrected chi connectivity index (χ3v) is 4.91. The predicted molar refractivity (Wildman–Crippen MR) is 99.7 cm³/mol. The first-order valence-corrected chi connectivity index (χ1v) is 8.78. The molecule has 0 saturated heterocycles. The van der Waals surface area contributed by atoms with Crippen LogP contribution in [0.2, 0.25) is 0 Å². The molecular weight excluding hydrogens is 326 g/mol. The van der Waals surface area contributed by atoms with Crippen LogP contribution in [-0.2, 0) is 20.0 Å². The number of benzene rings is 1. The lowest BCUT2D eigenvalue weighted by atomic mass is 10.1. The zero-order valence-corrected chi connectivity index (χ0v) is 14.5. The third-order valence-electron chi connectivity index (χ3n) is 4.91. The maximum absolute atomic E-state index is 4.81. The number of rotatable bonds is 3. The molecule has 0 saturated carbocycles. The molecule has 130 valence electrons. The van der Waals surface area contributed by atoms with Crippen LogP contribution in [0.15, 0.2) is 49.2 Å². The molecule has 0 bridgehead atoms. The Bertz CT molecular complexity index is 1060. The fourth-order valence-corrected chi connectivity index (χ4v) is 3.60. The average Bonchev–Trinajstić information content (AvgIpc) is 3.27. The van der Waals surface area contributed by atoms with Crippen LogP contribution in [0.3, 0.4) is 0 Å². The van der Waals surface area contributed by atoms with Crippen LogP contribution in [0, 0.1) is 0 Å². The molecular formula is C19H19N7. The topological polar surface area (TPSA) is 73.5 Å².